The average Bonchev–Trinajstić information content (AvgIpc) is 2.46. The van der Waals surface area contributed by atoms with Crippen LogP contribution in [0.15, 0.2) is 29.2 Å². The molecular formula is C14H15NO4. The summed E-state index contributed by atoms with van der Waals surface area (Å²) in [6.45, 7) is 2.57. The predicted molar refractivity (Wildman–Crippen MR) is 71.8 cm³/mol. The number of aromatic nitrogens is 1. The molecule has 0 radical (unpaired) electrons. The Morgan fingerprint density at radius 1 is 1.32 bits per heavy atom. The highest BCUT2D eigenvalue weighted by Gasteiger charge is 2.15. The first-order valence-corrected chi connectivity index (χ1v) is 5.91. The number of aryl methyl sites for hydroxylation is 1. The number of esters is 1. The van der Waals surface area contributed by atoms with Crippen LogP contribution in [0.3, 0.4) is 0 Å². The fourth-order valence-electron chi connectivity index (χ4n) is 2.01. The van der Waals surface area contributed by atoms with Crippen molar-refractivity contribution in [3.05, 3.63) is 40.2 Å². The first-order chi connectivity index (χ1) is 9.12. The SMILES string of the molecule is CCn1cc(C(=O)OC)c(=O)c2ccc(OC)cc21. The van der Waals surface area contributed by atoms with E-state index in [4.69, 9.17) is 4.74 Å². The third-order valence-corrected chi connectivity index (χ3v) is 3.03. The van der Waals surface area contributed by atoms with E-state index in [2.05, 4.69) is 4.74 Å². The third kappa shape index (κ3) is 2.19. The van der Waals surface area contributed by atoms with E-state index in [1.807, 2.05) is 11.5 Å². The Labute approximate surface area is 110 Å². The Hall–Kier alpha value is -2.30. The summed E-state index contributed by atoms with van der Waals surface area (Å²) >= 11 is 0. The van der Waals surface area contributed by atoms with E-state index in [1.54, 1.807) is 25.3 Å². The van der Waals surface area contributed by atoms with Crippen molar-refractivity contribution in [2.45, 2.75) is 13.5 Å². The largest absolute Gasteiger partial charge is 0.497 e. The van der Waals surface area contributed by atoms with Crippen molar-refractivity contribution in [1.82, 2.24) is 4.57 Å². The normalized spacial score (nSPS) is 10.5. The molecule has 5 heteroatoms. The van der Waals surface area contributed by atoms with Crippen LogP contribution < -0.4 is 10.2 Å². The molecule has 0 fully saturated rings. The van der Waals surface area contributed by atoms with Crippen LogP contribution in [-0.2, 0) is 11.3 Å². The minimum Gasteiger partial charge on any atom is -0.497 e. The van der Waals surface area contributed by atoms with E-state index in [0.717, 1.165) is 5.52 Å². The lowest BCUT2D eigenvalue weighted by Gasteiger charge is -2.11. The highest BCUT2D eigenvalue weighted by Crippen LogP contribution is 2.19. The molecule has 0 unspecified atom stereocenters. The quantitative estimate of drug-likeness (QED) is 0.791. The summed E-state index contributed by atoms with van der Waals surface area (Å²) in [5, 5.41) is 0.477. The Morgan fingerprint density at radius 3 is 2.63 bits per heavy atom. The standard InChI is InChI=1S/C14H15NO4/c1-4-15-8-11(14(17)19-3)13(16)10-6-5-9(18-2)7-12(10)15/h5-8H,4H2,1-3H3. The van der Waals surface area contributed by atoms with Gasteiger partial charge in [-0.25, -0.2) is 4.79 Å². The van der Waals surface area contributed by atoms with Gasteiger partial charge in [0, 0.05) is 24.2 Å². The Balaban J connectivity index is 2.82. The molecule has 5 nitrogen and oxygen atoms in total. The zero-order valence-corrected chi connectivity index (χ0v) is 11.1. The van der Waals surface area contributed by atoms with Crippen molar-refractivity contribution in [2.24, 2.45) is 0 Å². The number of hydrogen-bond acceptors (Lipinski definition) is 4. The van der Waals surface area contributed by atoms with E-state index in [9.17, 15) is 9.59 Å². The van der Waals surface area contributed by atoms with Crippen LogP contribution in [0.4, 0.5) is 0 Å². The van der Waals surface area contributed by atoms with E-state index in [1.165, 1.54) is 13.3 Å². The maximum atomic E-state index is 12.2. The van der Waals surface area contributed by atoms with E-state index < -0.39 is 5.97 Å². The molecule has 0 aliphatic carbocycles. The fourth-order valence-corrected chi connectivity index (χ4v) is 2.01. The molecular weight excluding hydrogens is 246 g/mol. The van der Waals surface area contributed by atoms with Gasteiger partial charge in [-0.1, -0.05) is 0 Å². The molecule has 100 valence electrons. The van der Waals surface area contributed by atoms with E-state index in [-0.39, 0.29) is 11.0 Å². The van der Waals surface area contributed by atoms with Crippen molar-refractivity contribution in [3.8, 4) is 5.75 Å². The van der Waals surface area contributed by atoms with Gasteiger partial charge in [-0.05, 0) is 19.1 Å². The van der Waals surface area contributed by atoms with Gasteiger partial charge in [0.2, 0.25) is 5.43 Å². The van der Waals surface area contributed by atoms with Gasteiger partial charge in [0.15, 0.2) is 0 Å². The monoisotopic (exact) mass is 261 g/mol. The van der Waals surface area contributed by atoms with Gasteiger partial charge in [0.25, 0.3) is 0 Å². The second kappa shape index (κ2) is 5.14. The summed E-state index contributed by atoms with van der Waals surface area (Å²) in [6.07, 6.45) is 1.52. The van der Waals surface area contributed by atoms with Gasteiger partial charge >= 0.3 is 5.97 Å². The van der Waals surface area contributed by atoms with Crippen molar-refractivity contribution in [1.29, 1.82) is 0 Å². The maximum absolute atomic E-state index is 12.2. The lowest BCUT2D eigenvalue weighted by Crippen LogP contribution is -2.19. The Bertz CT molecular complexity index is 688. The number of nitrogens with zero attached hydrogens (tertiary/aromatic N) is 1. The summed E-state index contributed by atoms with van der Waals surface area (Å²) in [7, 11) is 2.83. The molecule has 0 spiro atoms. The lowest BCUT2D eigenvalue weighted by atomic mass is 10.1. The first-order valence-electron chi connectivity index (χ1n) is 5.91. The summed E-state index contributed by atoms with van der Waals surface area (Å²) in [6, 6.07) is 5.14. The number of carbonyl (C=O) groups is 1. The van der Waals surface area contributed by atoms with Crippen LogP contribution in [0.5, 0.6) is 5.75 Å². The number of benzene rings is 1. The summed E-state index contributed by atoms with van der Waals surface area (Å²) in [5.41, 5.74) is 0.454. The molecule has 0 atom stereocenters. The van der Waals surface area contributed by atoms with Gasteiger partial charge in [0.05, 0.1) is 19.7 Å². The summed E-state index contributed by atoms with van der Waals surface area (Å²) in [5.74, 6) is 0.0461. The molecule has 1 aromatic carbocycles. The molecule has 0 amide bonds. The van der Waals surface area contributed by atoms with Crippen molar-refractivity contribution >= 4 is 16.9 Å². The molecule has 0 bridgehead atoms. The first kappa shape index (κ1) is 13.1. The number of carbonyl (C=O) groups excluding carboxylic acids is 1. The molecule has 0 saturated carbocycles. The average molecular weight is 261 g/mol. The van der Waals surface area contributed by atoms with Crippen LogP contribution in [0.1, 0.15) is 17.3 Å². The highest BCUT2D eigenvalue weighted by atomic mass is 16.5. The molecule has 2 aromatic rings. The summed E-state index contributed by atoms with van der Waals surface area (Å²) < 4.78 is 11.6. The molecule has 0 N–H and O–H groups in total. The zero-order chi connectivity index (χ0) is 14.0. The van der Waals surface area contributed by atoms with Gasteiger partial charge < -0.3 is 14.0 Å². The Morgan fingerprint density at radius 2 is 2.05 bits per heavy atom. The minimum atomic E-state index is -0.620. The fraction of sp³-hybridized carbons (Fsp3) is 0.286. The predicted octanol–water partition coefficient (Wildman–Crippen LogP) is 1.82. The molecule has 0 aliphatic rings. The van der Waals surface area contributed by atoms with Gasteiger partial charge in [-0.2, -0.15) is 0 Å². The number of fused-ring (bicyclic) bond motifs is 1. The zero-order valence-electron chi connectivity index (χ0n) is 11.1. The number of pyridine rings is 1. The van der Waals surface area contributed by atoms with Crippen molar-refractivity contribution in [2.75, 3.05) is 14.2 Å². The molecule has 0 aliphatic heterocycles. The summed E-state index contributed by atoms with van der Waals surface area (Å²) in [4.78, 5) is 23.9. The number of hydrogen-bond donors (Lipinski definition) is 0. The van der Waals surface area contributed by atoms with Crippen LogP contribution >= 0.6 is 0 Å². The highest BCUT2D eigenvalue weighted by molar-refractivity contribution is 5.94. The van der Waals surface area contributed by atoms with Gasteiger partial charge in [-0.3, -0.25) is 4.79 Å². The second-order valence-corrected chi connectivity index (χ2v) is 4.03. The molecule has 1 heterocycles. The molecule has 19 heavy (non-hydrogen) atoms. The number of methoxy groups -OCH3 is 2. The van der Waals surface area contributed by atoms with Crippen LogP contribution in [-0.4, -0.2) is 24.8 Å². The second-order valence-electron chi connectivity index (χ2n) is 4.03. The van der Waals surface area contributed by atoms with Crippen LogP contribution in [0.2, 0.25) is 0 Å². The maximum Gasteiger partial charge on any atom is 0.343 e. The number of ether oxygens (including phenoxy) is 2. The number of rotatable bonds is 3. The van der Waals surface area contributed by atoms with E-state index >= 15 is 0 Å². The molecule has 0 saturated heterocycles. The minimum absolute atomic E-state index is 0.0435. The smallest absolute Gasteiger partial charge is 0.343 e. The van der Waals surface area contributed by atoms with Gasteiger partial charge in [-0.15, -0.1) is 0 Å². The molecule has 2 rings (SSSR count). The van der Waals surface area contributed by atoms with Crippen molar-refractivity contribution < 1.29 is 14.3 Å². The van der Waals surface area contributed by atoms with Gasteiger partial charge in [0.1, 0.15) is 11.3 Å². The van der Waals surface area contributed by atoms with E-state index in [0.29, 0.717) is 17.7 Å². The topological polar surface area (TPSA) is 57.5 Å². The third-order valence-electron chi connectivity index (χ3n) is 3.03. The Kier molecular flexibility index (Phi) is 3.55. The van der Waals surface area contributed by atoms with Crippen LogP contribution in [0.25, 0.3) is 10.9 Å². The van der Waals surface area contributed by atoms with Crippen LogP contribution in [0, 0.1) is 0 Å². The molecule has 1 aromatic heterocycles. The van der Waals surface area contributed by atoms with Crippen molar-refractivity contribution in [3.63, 3.8) is 0 Å². The lowest BCUT2D eigenvalue weighted by molar-refractivity contribution is 0.0598.